The summed E-state index contributed by atoms with van der Waals surface area (Å²) < 4.78 is 10.3. The molecular formula is C14H21N3O3. The molecule has 1 aliphatic heterocycles. The van der Waals surface area contributed by atoms with Gasteiger partial charge in [0.1, 0.15) is 11.4 Å². The van der Waals surface area contributed by atoms with Gasteiger partial charge in [-0.3, -0.25) is 0 Å². The van der Waals surface area contributed by atoms with Crippen molar-refractivity contribution in [3.8, 4) is 0 Å². The molecule has 0 amide bonds. The number of esters is 1. The van der Waals surface area contributed by atoms with Crippen LogP contribution in [0.3, 0.4) is 0 Å². The minimum atomic E-state index is -0.401. The quantitative estimate of drug-likeness (QED) is 0.797. The average molecular weight is 279 g/mol. The first-order valence-corrected chi connectivity index (χ1v) is 6.95. The van der Waals surface area contributed by atoms with Crippen molar-refractivity contribution in [2.75, 3.05) is 37.4 Å². The molecule has 1 fully saturated rings. The lowest BCUT2D eigenvalue weighted by atomic mass is 10.0. The second-order valence-electron chi connectivity index (χ2n) is 4.82. The van der Waals surface area contributed by atoms with E-state index in [1.165, 1.54) is 6.20 Å². The van der Waals surface area contributed by atoms with Gasteiger partial charge < -0.3 is 20.5 Å². The Morgan fingerprint density at radius 2 is 2.30 bits per heavy atom. The number of anilines is 2. The first-order chi connectivity index (χ1) is 9.70. The number of carbonyl (C=O) groups is 1. The third-order valence-corrected chi connectivity index (χ3v) is 3.30. The Morgan fingerprint density at radius 1 is 1.55 bits per heavy atom. The normalized spacial score (nSPS) is 15.8. The van der Waals surface area contributed by atoms with Crippen molar-refractivity contribution in [2.45, 2.75) is 19.8 Å². The van der Waals surface area contributed by atoms with Gasteiger partial charge in [-0.15, -0.1) is 0 Å². The number of pyridine rings is 1. The summed E-state index contributed by atoms with van der Waals surface area (Å²) in [7, 11) is 0. The van der Waals surface area contributed by atoms with Crippen LogP contribution < -0.4 is 11.1 Å². The summed E-state index contributed by atoms with van der Waals surface area (Å²) >= 11 is 0. The summed E-state index contributed by atoms with van der Waals surface area (Å²) in [5.74, 6) is 0.670. The maximum Gasteiger partial charge on any atom is 0.341 e. The average Bonchev–Trinajstić information content (AvgIpc) is 2.47. The predicted molar refractivity (Wildman–Crippen MR) is 76.6 cm³/mol. The Morgan fingerprint density at radius 3 is 3.00 bits per heavy atom. The number of hydrogen-bond donors (Lipinski definition) is 2. The van der Waals surface area contributed by atoms with Gasteiger partial charge in [0.05, 0.1) is 18.5 Å². The minimum Gasteiger partial charge on any atom is -0.462 e. The van der Waals surface area contributed by atoms with Gasteiger partial charge in [0.2, 0.25) is 0 Å². The molecule has 0 aromatic carbocycles. The molecule has 6 nitrogen and oxygen atoms in total. The van der Waals surface area contributed by atoms with Crippen LogP contribution in [0.4, 0.5) is 11.5 Å². The van der Waals surface area contributed by atoms with E-state index in [-0.39, 0.29) is 0 Å². The van der Waals surface area contributed by atoms with Crippen molar-refractivity contribution in [3.63, 3.8) is 0 Å². The van der Waals surface area contributed by atoms with Gasteiger partial charge in [-0.1, -0.05) is 0 Å². The standard InChI is InChI=1S/C14H21N3O3/c1-2-20-14(18)12-7-11(15)9-17-13(12)16-8-10-3-5-19-6-4-10/h7,9-10H,2-6,8,15H2,1H3,(H,16,17). The van der Waals surface area contributed by atoms with Crippen LogP contribution in [0.5, 0.6) is 0 Å². The molecule has 110 valence electrons. The summed E-state index contributed by atoms with van der Waals surface area (Å²) in [5, 5.41) is 3.23. The topological polar surface area (TPSA) is 86.5 Å². The molecule has 0 spiro atoms. The first kappa shape index (κ1) is 14.6. The molecule has 1 saturated heterocycles. The third kappa shape index (κ3) is 3.84. The molecule has 20 heavy (non-hydrogen) atoms. The minimum absolute atomic E-state index is 0.326. The lowest BCUT2D eigenvalue weighted by molar-refractivity contribution is 0.0526. The van der Waals surface area contributed by atoms with Crippen LogP contribution in [0, 0.1) is 5.92 Å². The molecule has 3 N–H and O–H groups in total. The molecule has 0 bridgehead atoms. The number of ether oxygens (including phenoxy) is 2. The maximum absolute atomic E-state index is 11.9. The van der Waals surface area contributed by atoms with E-state index in [0.717, 1.165) is 32.6 Å². The summed E-state index contributed by atoms with van der Waals surface area (Å²) in [6.07, 6.45) is 3.59. The Bertz CT molecular complexity index is 459. The summed E-state index contributed by atoms with van der Waals surface area (Å²) in [5.41, 5.74) is 6.52. The number of nitrogens with one attached hydrogen (secondary N) is 1. The van der Waals surface area contributed by atoms with E-state index in [9.17, 15) is 4.79 Å². The number of carbonyl (C=O) groups excluding carboxylic acids is 1. The van der Waals surface area contributed by atoms with E-state index in [1.54, 1.807) is 13.0 Å². The SMILES string of the molecule is CCOC(=O)c1cc(N)cnc1NCC1CCOCC1. The van der Waals surface area contributed by atoms with Gasteiger partial charge in [0, 0.05) is 19.8 Å². The molecule has 1 aromatic heterocycles. The molecule has 6 heteroatoms. The van der Waals surface area contributed by atoms with Crippen molar-refractivity contribution in [1.29, 1.82) is 0 Å². The highest BCUT2D eigenvalue weighted by Gasteiger charge is 2.17. The Kier molecular flexibility index (Phi) is 5.17. The highest BCUT2D eigenvalue weighted by atomic mass is 16.5. The van der Waals surface area contributed by atoms with Crippen molar-refractivity contribution >= 4 is 17.5 Å². The maximum atomic E-state index is 11.9. The van der Waals surface area contributed by atoms with Gasteiger partial charge in [-0.05, 0) is 31.7 Å². The molecule has 2 rings (SSSR count). The van der Waals surface area contributed by atoms with E-state index in [4.69, 9.17) is 15.2 Å². The van der Waals surface area contributed by atoms with Gasteiger partial charge in [0.15, 0.2) is 0 Å². The number of nitrogen functional groups attached to an aromatic ring is 1. The van der Waals surface area contributed by atoms with Crippen molar-refractivity contribution in [1.82, 2.24) is 4.98 Å². The number of hydrogen-bond acceptors (Lipinski definition) is 6. The third-order valence-electron chi connectivity index (χ3n) is 3.30. The lowest BCUT2D eigenvalue weighted by Gasteiger charge is -2.22. The van der Waals surface area contributed by atoms with Crippen molar-refractivity contribution in [2.24, 2.45) is 5.92 Å². The Hall–Kier alpha value is -1.82. The fraction of sp³-hybridized carbons (Fsp3) is 0.571. The number of nitrogens with zero attached hydrogens (tertiary/aromatic N) is 1. The van der Waals surface area contributed by atoms with Crippen molar-refractivity contribution < 1.29 is 14.3 Å². The van der Waals surface area contributed by atoms with E-state index >= 15 is 0 Å². The largest absolute Gasteiger partial charge is 0.462 e. The fourth-order valence-corrected chi connectivity index (χ4v) is 2.18. The molecular weight excluding hydrogens is 258 g/mol. The monoisotopic (exact) mass is 279 g/mol. The van der Waals surface area contributed by atoms with Crippen molar-refractivity contribution in [3.05, 3.63) is 17.8 Å². The predicted octanol–water partition coefficient (Wildman–Crippen LogP) is 1.68. The zero-order valence-electron chi connectivity index (χ0n) is 11.7. The van der Waals surface area contributed by atoms with Crippen LogP contribution in [0.1, 0.15) is 30.1 Å². The Labute approximate surface area is 118 Å². The van der Waals surface area contributed by atoms with Gasteiger partial charge in [0.25, 0.3) is 0 Å². The number of aromatic nitrogens is 1. The molecule has 0 atom stereocenters. The summed E-state index contributed by atoms with van der Waals surface area (Å²) in [6, 6.07) is 1.59. The van der Waals surface area contributed by atoms with E-state index < -0.39 is 5.97 Å². The van der Waals surface area contributed by atoms with Crippen LogP contribution in [0.25, 0.3) is 0 Å². The van der Waals surface area contributed by atoms with E-state index in [2.05, 4.69) is 10.3 Å². The van der Waals surface area contributed by atoms with E-state index in [0.29, 0.717) is 29.6 Å². The van der Waals surface area contributed by atoms with Crippen LogP contribution in [-0.2, 0) is 9.47 Å². The number of nitrogens with two attached hydrogens (primary N) is 1. The second kappa shape index (κ2) is 7.09. The molecule has 1 aliphatic rings. The zero-order valence-corrected chi connectivity index (χ0v) is 11.7. The van der Waals surface area contributed by atoms with Gasteiger partial charge >= 0.3 is 5.97 Å². The molecule has 0 radical (unpaired) electrons. The van der Waals surface area contributed by atoms with Crippen LogP contribution >= 0.6 is 0 Å². The molecule has 0 saturated carbocycles. The fourth-order valence-electron chi connectivity index (χ4n) is 2.18. The van der Waals surface area contributed by atoms with E-state index in [1.807, 2.05) is 0 Å². The highest BCUT2D eigenvalue weighted by molar-refractivity contribution is 5.95. The summed E-state index contributed by atoms with van der Waals surface area (Å²) in [6.45, 7) is 4.46. The molecule has 1 aromatic rings. The van der Waals surface area contributed by atoms with Crippen LogP contribution in [-0.4, -0.2) is 37.3 Å². The van der Waals surface area contributed by atoms with Crippen LogP contribution in [0.2, 0.25) is 0 Å². The van der Waals surface area contributed by atoms with Crippen LogP contribution in [0.15, 0.2) is 12.3 Å². The molecule has 0 aliphatic carbocycles. The lowest BCUT2D eigenvalue weighted by Crippen LogP contribution is -2.24. The van der Waals surface area contributed by atoms with Gasteiger partial charge in [-0.25, -0.2) is 9.78 Å². The Balaban J connectivity index is 2.03. The number of rotatable bonds is 5. The molecule has 2 heterocycles. The smallest absolute Gasteiger partial charge is 0.341 e. The zero-order chi connectivity index (χ0) is 14.4. The highest BCUT2D eigenvalue weighted by Crippen LogP contribution is 2.20. The summed E-state index contributed by atoms with van der Waals surface area (Å²) in [4.78, 5) is 16.1. The first-order valence-electron chi connectivity index (χ1n) is 6.95. The van der Waals surface area contributed by atoms with Gasteiger partial charge in [-0.2, -0.15) is 0 Å². The second-order valence-corrected chi connectivity index (χ2v) is 4.82. The molecule has 0 unspecified atom stereocenters.